The normalized spacial score (nSPS) is 18.7. The summed E-state index contributed by atoms with van der Waals surface area (Å²) in [5, 5.41) is 0. The van der Waals surface area contributed by atoms with Crippen molar-refractivity contribution in [2.75, 3.05) is 26.2 Å². The smallest absolute Gasteiger partial charge is 0.253 e. The first-order valence-electron chi connectivity index (χ1n) is 11.2. The van der Waals surface area contributed by atoms with Gasteiger partial charge >= 0.3 is 0 Å². The van der Waals surface area contributed by atoms with Crippen LogP contribution in [0.3, 0.4) is 0 Å². The minimum absolute atomic E-state index is 0.135. The van der Waals surface area contributed by atoms with Crippen molar-refractivity contribution in [3.63, 3.8) is 0 Å². The van der Waals surface area contributed by atoms with Gasteiger partial charge in [0.25, 0.3) is 5.91 Å². The van der Waals surface area contributed by atoms with Gasteiger partial charge in [-0.15, -0.1) is 0 Å². The number of amides is 1. The minimum atomic E-state index is 0.135. The van der Waals surface area contributed by atoms with Crippen LogP contribution in [-0.4, -0.2) is 46.9 Å². The van der Waals surface area contributed by atoms with Gasteiger partial charge in [-0.2, -0.15) is 0 Å². The number of piperidine rings is 2. The molecule has 0 radical (unpaired) electrons. The molecule has 3 heterocycles. The first-order valence-corrected chi connectivity index (χ1v) is 11.2. The molecule has 2 aliphatic heterocycles. The van der Waals surface area contributed by atoms with Gasteiger partial charge in [0.1, 0.15) is 5.52 Å². The molecule has 0 unspecified atom stereocenters. The fourth-order valence-corrected chi connectivity index (χ4v) is 4.71. The average molecular weight is 404 g/mol. The fourth-order valence-electron chi connectivity index (χ4n) is 4.71. The van der Waals surface area contributed by atoms with Gasteiger partial charge in [0.15, 0.2) is 11.5 Å². The van der Waals surface area contributed by atoms with E-state index in [2.05, 4.69) is 22.0 Å². The highest BCUT2D eigenvalue weighted by Crippen LogP contribution is 2.30. The summed E-state index contributed by atoms with van der Waals surface area (Å²) in [6, 6.07) is 16.1. The topological polar surface area (TPSA) is 49.6 Å². The van der Waals surface area contributed by atoms with Crippen molar-refractivity contribution in [1.82, 2.24) is 14.8 Å². The fraction of sp³-hybridized carbons (Fsp3) is 0.440. The molecule has 2 aliphatic rings. The number of fused-ring (bicyclic) bond motifs is 1. The molecule has 5 rings (SSSR count). The molecule has 0 spiro atoms. The van der Waals surface area contributed by atoms with Crippen LogP contribution in [0.1, 0.15) is 59.8 Å². The summed E-state index contributed by atoms with van der Waals surface area (Å²) in [7, 11) is 0. The van der Waals surface area contributed by atoms with Crippen molar-refractivity contribution in [1.29, 1.82) is 0 Å². The Morgan fingerprint density at radius 1 is 0.933 bits per heavy atom. The third-order valence-electron chi connectivity index (χ3n) is 6.50. The Bertz CT molecular complexity index is 964. The maximum atomic E-state index is 13.0. The van der Waals surface area contributed by atoms with Crippen molar-refractivity contribution < 1.29 is 9.21 Å². The summed E-state index contributed by atoms with van der Waals surface area (Å²) in [6.07, 6.45) is 5.75. The summed E-state index contributed by atoms with van der Waals surface area (Å²) in [5.74, 6) is 1.23. The lowest BCUT2D eigenvalue weighted by molar-refractivity contribution is 0.0706. The molecule has 2 saturated heterocycles. The molecule has 0 aliphatic carbocycles. The standard InChI is InChI=1S/C25H29N3O2/c29-25(21-10-8-19(9-11-21)18-27-14-4-1-5-15-27)28-16-12-20(13-17-28)24-26-22-6-2-3-7-23(22)30-24/h2-3,6-11,20H,1,4-5,12-18H2. The van der Waals surface area contributed by atoms with E-state index in [-0.39, 0.29) is 11.8 Å². The highest BCUT2D eigenvalue weighted by atomic mass is 16.3. The molecular formula is C25H29N3O2. The van der Waals surface area contributed by atoms with E-state index in [1.54, 1.807) is 0 Å². The van der Waals surface area contributed by atoms with Crippen LogP contribution >= 0.6 is 0 Å². The minimum Gasteiger partial charge on any atom is -0.440 e. The van der Waals surface area contributed by atoms with E-state index >= 15 is 0 Å². The van der Waals surface area contributed by atoms with E-state index in [0.29, 0.717) is 0 Å². The summed E-state index contributed by atoms with van der Waals surface area (Å²) in [6.45, 7) is 4.87. The van der Waals surface area contributed by atoms with E-state index in [9.17, 15) is 4.79 Å². The summed E-state index contributed by atoms with van der Waals surface area (Å²) >= 11 is 0. The number of rotatable bonds is 4. The quantitative estimate of drug-likeness (QED) is 0.626. The second kappa shape index (κ2) is 8.60. The van der Waals surface area contributed by atoms with Crippen LogP contribution < -0.4 is 0 Å². The zero-order valence-electron chi connectivity index (χ0n) is 17.4. The number of hydrogen-bond acceptors (Lipinski definition) is 4. The average Bonchev–Trinajstić information content (AvgIpc) is 3.24. The number of para-hydroxylation sites is 2. The lowest BCUT2D eigenvalue weighted by Crippen LogP contribution is -2.38. The van der Waals surface area contributed by atoms with Crippen LogP contribution in [-0.2, 0) is 6.54 Å². The van der Waals surface area contributed by atoms with Crippen molar-refractivity contribution in [2.45, 2.75) is 44.6 Å². The van der Waals surface area contributed by atoms with Crippen LogP contribution in [0.2, 0.25) is 0 Å². The van der Waals surface area contributed by atoms with Crippen LogP contribution in [0.4, 0.5) is 0 Å². The Balaban J connectivity index is 1.18. The summed E-state index contributed by atoms with van der Waals surface area (Å²) in [5.41, 5.74) is 3.84. The van der Waals surface area contributed by atoms with Gasteiger partial charge in [-0.05, 0) is 68.6 Å². The Labute approximate surface area is 177 Å². The highest BCUT2D eigenvalue weighted by Gasteiger charge is 2.27. The molecule has 5 heteroatoms. The number of benzene rings is 2. The highest BCUT2D eigenvalue weighted by molar-refractivity contribution is 5.94. The number of carbonyl (C=O) groups excluding carboxylic acids is 1. The van der Waals surface area contributed by atoms with Gasteiger partial charge in [0, 0.05) is 31.1 Å². The van der Waals surface area contributed by atoms with E-state index < -0.39 is 0 Å². The van der Waals surface area contributed by atoms with Gasteiger partial charge < -0.3 is 9.32 Å². The molecule has 2 aromatic carbocycles. The predicted molar refractivity (Wildman–Crippen MR) is 117 cm³/mol. The molecule has 156 valence electrons. The molecule has 3 aromatic rings. The van der Waals surface area contributed by atoms with Gasteiger partial charge in [0.05, 0.1) is 0 Å². The van der Waals surface area contributed by atoms with Crippen LogP contribution in [0.5, 0.6) is 0 Å². The monoisotopic (exact) mass is 403 g/mol. The molecule has 0 saturated carbocycles. The maximum Gasteiger partial charge on any atom is 0.253 e. The molecular weight excluding hydrogens is 374 g/mol. The third kappa shape index (κ3) is 4.12. The first kappa shape index (κ1) is 19.3. The molecule has 2 fully saturated rings. The molecule has 0 bridgehead atoms. The van der Waals surface area contributed by atoms with Crippen LogP contribution in [0.25, 0.3) is 11.1 Å². The third-order valence-corrected chi connectivity index (χ3v) is 6.50. The van der Waals surface area contributed by atoms with Crippen molar-refractivity contribution >= 4 is 17.0 Å². The first-order chi connectivity index (χ1) is 14.8. The number of likely N-dealkylation sites (tertiary alicyclic amines) is 2. The van der Waals surface area contributed by atoms with Crippen LogP contribution in [0, 0.1) is 0 Å². The van der Waals surface area contributed by atoms with Crippen LogP contribution in [0.15, 0.2) is 52.9 Å². The summed E-state index contributed by atoms with van der Waals surface area (Å²) in [4.78, 5) is 22.1. The number of nitrogens with zero attached hydrogens (tertiary/aromatic N) is 3. The Morgan fingerprint density at radius 3 is 2.40 bits per heavy atom. The number of aromatic nitrogens is 1. The van der Waals surface area contributed by atoms with E-state index in [1.807, 2.05) is 41.3 Å². The zero-order valence-corrected chi connectivity index (χ0v) is 17.4. The van der Waals surface area contributed by atoms with Crippen molar-refractivity contribution in [3.05, 3.63) is 65.5 Å². The van der Waals surface area contributed by atoms with Gasteiger partial charge in [-0.25, -0.2) is 4.98 Å². The lowest BCUT2D eigenvalue weighted by Gasteiger charge is -2.30. The Kier molecular flexibility index (Phi) is 5.54. The number of hydrogen-bond donors (Lipinski definition) is 0. The SMILES string of the molecule is O=C(c1ccc(CN2CCCCC2)cc1)N1CCC(c2nc3ccccc3o2)CC1. The van der Waals surface area contributed by atoms with E-state index in [4.69, 9.17) is 4.42 Å². The van der Waals surface area contributed by atoms with Gasteiger partial charge in [0.2, 0.25) is 0 Å². The lowest BCUT2D eigenvalue weighted by atomic mass is 9.96. The Hall–Kier alpha value is -2.66. The largest absolute Gasteiger partial charge is 0.440 e. The van der Waals surface area contributed by atoms with E-state index in [1.165, 1.54) is 37.9 Å². The molecule has 30 heavy (non-hydrogen) atoms. The zero-order chi connectivity index (χ0) is 20.3. The molecule has 1 amide bonds. The van der Waals surface area contributed by atoms with Gasteiger partial charge in [-0.1, -0.05) is 30.7 Å². The second-order valence-electron chi connectivity index (χ2n) is 8.62. The number of carbonyl (C=O) groups is 1. The van der Waals surface area contributed by atoms with Crippen molar-refractivity contribution in [2.24, 2.45) is 0 Å². The summed E-state index contributed by atoms with van der Waals surface area (Å²) < 4.78 is 5.94. The molecule has 5 nitrogen and oxygen atoms in total. The molecule has 0 N–H and O–H groups in total. The second-order valence-corrected chi connectivity index (χ2v) is 8.62. The molecule has 1 aromatic heterocycles. The Morgan fingerprint density at radius 2 is 1.67 bits per heavy atom. The molecule has 0 atom stereocenters. The predicted octanol–water partition coefficient (Wildman–Crippen LogP) is 4.83. The van der Waals surface area contributed by atoms with Gasteiger partial charge in [-0.3, -0.25) is 9.69 Å². The maximum absolute atomic E-state index is 13.0. The van der Waals surface area contributed by atoms with Crippen molar-refractivity contribution in [3.8, 4) is 0 Å². The number of oxazole rings is 1. The van der Waals surface area contributed by atoms with E-state index in [0.717, 1.165) is 55.0 Å².